The second-order valence-electron chi connectivity index (χ2n) is 4.86. The Balaban J connectivity index is 1.90. The summed E-state index contributed by atoms with van der Waals surface area (Å²) in [5, 5.41) is 13.3. The van der Waals surface area contributed by atoms with Gasteiger partial charge in [-0.1, -0.05) is 49.4 Å². The third kappa shape index (κ3) is 3.58. The maximum atomic E-state index is 9.92. The fourth-order valence-electron chi connectivity index (χ4n) is 2.10. The highest BCUT2D eigenvalue weighted by Gasteiger charge is 2.02. The molecular formula is C17H21NO. The highest BCUT2D eigenvalue weighted by atomic mass is 16.3. The molecule has 0 spiro atoms. The minimum Gasteiger partial charge on any atom is -0.507 e. The van der Waals surface area contributed by atoms with Crippen LogP contribution in [0.25, 0.3) is 0 Å². The molecule has 0 saturated carbocycles. The Morgan fingerprint density at radius 1 is 0.947 bits per heavy atom. The Morgan fingerprint density at radius 3 is 2.32 bits per heavy atom. The van der Waals surface area contributed by atoms with E-state index in [-0.39, 0.29) is 0 Å². The fourth-order valence-corrected chi connectivity index (χ4v) is 2.10. The zero-order valence-corrected chi connectivity index (χ0v) is 11.6. The molecule has 0 aliphatic carbocycles. The van der Waals surface area contributed by atoms with E-state index in [1.807, 2.05) is 25.1 Å². The van der Waals surface area contributed by atoms with E-state index >= 15 is 0 Å². The molecule has 0 amide bonds. The van der Waals surface area contributed by atoms with Crippen LogP contribution in [0, 0.1) is 6.92 Å². The number of benzene rings is 2. The molecule has 100 valence electrons. The van der Waals surface area contributed by atoms with Crippen LogP contribution in [0.15, 0.2) is 42.5 Å². The standard InChI is InChI=1S/C17H21NO/c1-3-14-7-9-15(10-8-14)11-18-12-16-6-4-5-13(2)17(16)19/h4-10,18-19H,3,11-12H2,1-2H3. The number of rotatable bonds is 5. The predicted octanol–water partition coefficient (Wildman–Crippen LogP) is 3.55. The van der Waals surface area contributed by atoms with Gasteiger partial charge in [-0.15, -0.1) is 0 Å². The maximum Gasteiger partial charge on any atom is 0.122 e. The van der Waals surface area contributed by atoms with Gasteiger partial charge in [0.05, 0.1) is 0 Å². The van der Waals surface area contributed by atoms with Gasteiger partial charge >= 0.3 is 0 Å². The summed E-state index contributed by atoms with van der Waals surface area (Å²) in [5.74, 6) is 0.399. The Hall–Kier alpha value is -1.80. The van der Waals surface area contributed by atoms with E-state index in [0.29, 0.717) is 12.3 Å². The Labute approximate surface area is 115 Å². The number of phenols is 1. The summed E-state index contributed by atoms with van der Waals surface area (Å²) >= 11 is 0. The molecule has 2 nitrogen and oxygen atoms in total. The molecule has 0 aliphatic rings. The second kappa shape index (κ2) is 6.39. The minimum atomic E-state index is 0.399. The molecule has 0 aliphatic heterocycles. The third-order valence-corrected chi connectivity index (χ3v) is 3.40. The van der Waals surface area contributed by atoms with Crippen LogP contribution < -0.4 is 5.32 Å². The van der Waals surface area contributed by atoms with Crippen LogP contribution in [0.3, 0.4) is 0 Å². The number of hydrogen-bond acceptors (Lipinski definition) is 2. The van der Waals surface area contributed by atoms with E-state index in [9.17, 15) is 5.11 Å². The number of aryl methyl sites for hydroxylation is 2. The van der Waals surface area contributed by atoms with Crippen molar-refractivity contribution in [3.05, 3.63) is 64.7 Å². The zero-order valence-electron chi connectivity index (χ0n) is 11.6. The van der Waals surface area contributed by atoms with Gasteiger partial charge in [-0.05, 0) is 30.0 Å². The van der Waals surface area contributed by atoms with Crippen molar-refractivity contribution in [2.45, 2.75) is 33.4 Å². The fraction of sp³-hybridized carbons (Fsp3) is 0.294. The van der Waals surface area contributed by atoms with Crippen molar-refractivity contribution < 1.29 is 5.11 Å². The van der Waals surface area contributed by atoms with Crippen LogP contribution in [0.2, 0.25) is 0 Å². The van der Waals surface area contributed by atoms with E-state index in [1.54, 1.807) is 0 Å². The number of para-hydroxylation sites is 1. The summed E-state index contributed by atoms with van der Waals surface area (Å²) in [6, 6.07) is 14.5. The molecule has 0 unspecified atom stereocenters. The Bertz CT molecular complexity index is 531. The normalized spacial score (nSPS) is 10.6. The van der Waals surface area contributed by atoms with Crippen molar-refractivity contribution in [1.82, 2.24) is 5.32 Å². The molecule has 0 heterocycles. The summed E-state index contributed by atoms with van der Waals surface area (Å²) in [6.45, 7) is 5.58. The topological polar surface area (TPSA) is 32.3 Å². The van der Waals surface area contributed by atoms with Gasteiger partial charge in [0.2, 0.25) is 0 Å². The highest BCUT2D eigenvalue weighted by Crippen LogP contribution is 2.21. The van der Waals surface area contributed by atoms with Crippen molar-refractivity contribution in [3.8, 4) is 5.75 Å². The highest BCUT2D eigenvalue weighted by molar-refractivity contribution is 5.39. The van der Waals surface area contributed by atoms with Gasteiger partial charge in [-0.2, -0.15) is 0 Å². The second-order valence-corrected chi connectivity index (χ2v) is 4.86. The Morgan fingerprint density at radius 2 is 1.63 bits per heavy atom. The van der Waals surface area contributed by atoms with E-state index in [0.717, 1.165) is 24.1 Å². The largest absolute Gasteiger partial charge is 0.507 e. The number of nitrogens with one attached hydrogen (secondary N) is 1. The lowest BCUT2D eigenvalue weighted by Crippen LogP contribution is -2.12. The van der Waals surface area contributed by atoms with Crippen LogP contribution in [0.5, 0.6) is 5.75 Å². The van der Waals surface area contributed by atoms with Gasteiger partial charge < -0.3 is 10.4 Å². The smallest absolute Gasteiger partial charge is 0.122 e. The summed E-state index contributed by atoms with van der Waals surface area (Å²) in [5.41, 5.74) is 4.50. The van der Waals surface area contributed by atoms with Crippen LogP contribution in [-0.4, -0.2) is 5.11 Å². The summed E-state index contributed by atoms with van der Waals surface area (Å²) in [6.07, 6.45) is 1.07. The van der Waals surface area contributed by atoms with E-state index < -0.39 is 0 Å². The Kier molecular flexibility index (Phi) is 4.58. The van der Waals surface area contributed by atoms with Gasteiger partial charge in [0.1, 0.15) is 5.75 Å². The average Bonchev–Trinajstić information content (AvgIpc) is 2.44. The van der Waals surface area contributed by atoms with Crippen LogP contribution in [0.4, 0.5) is 0 Å². The lowest BCUT2D eigenvalue weighted by molar-refractivity contribution is 0.460. The van der Waals surface area contributed by atoms with Crippen LogP contribution in [-0.2, 0) is 19.5 Å². The molecule has 0 aromatic heterocycles. The molecule has 2 heteroatoms. The van der Waals surface area contributed by atoms with Gasteiger partial charge in [0, 0.05) is 18.7 Å². The summed E-state index contributed by atoms with van der Waals surface area (Å²) in [7, 11) is 0. The number of aromatic hydroxyl groups is 1. The molecule has 19 heavy (non-hydrogen) atoms. The SMILES string of the molecule is CCc1ccc(CNCc2cccc(C)c2O)cc1. The molecule has 0 radical (unpaired) electrons. The summed E-state index contributed by atoms with van der Waals surface area (Å²) in [4.78, 5) is 0. The van der Waals surface area contributed by atoms with Crippen molar-refractivity contribution in [1.29, 1.82) is 0 Å². The molecular weight excluding hydrogens is 234 g/mol. The van der Waals surface area contributed by atoms with Crippen LogP contribution >= 0.6 is 0 Å². The van der Waals surface area contributed by atoms with E-state index in [1.165, 1.54) is 11.1 Å². The minimum absolute atomic E-state index is 0.399. The predicted molar refractivity (Wildman–Crippen MR) is 79.2 cm³/mol. The molecule has 2 aromatic rings. The monoisotopic (exact) mass is 255 g/mol. The molecule has 2 rings (SSSR count). The molecule has 0 saturated heterocycles. The first kappa shape index (κ1) is 13.6. The first-order chi connectivity index (χ1) is 9.20. The van der Waals surface area contributed by atoms with E-state index in [2.05, 4.69) is 36.5 Å². The third-order valence-electron chi connectivity index (χ3n) is 3.40. The average molecular weight is 255 g/mol. The number of phenolic OH excluding ortho intramolecular Hbond substituents is 1. The number of hydrogen-bond donors (Lipinski definition) is 2. The quantitative estimate of drug-likeness (QED) is 0.856. The molecule has 0 atom stereocenters. The lowest BCUT2D eigenvalue weighted by Gasteiger charge is -2.09. The van der Waals surface area contributed by atoms with Crippen LogP contribution in [0.1, 0.15) is 29.2 Å². The molecule has 0 fully saturated rings. The molecule has 0 bridgehead atoms. The lowest BCUT2D eigenvalue weighted by atomic mass is 10.1. The maximum absolute atomic E-state index is 9.92. The first-order valence-corrected chi connectivity index (χ1v) is 6.76. The molecule has 2 N–H and O–H groups in total. The van der Waals surface area contributed by atoms with Crippen molar-refractivity contribution >= 4 is 0 Å². The van der Waals surface area contributed by atoms with E-state index in [4.69, 9.17) is 0 Å². The van der Waals surface area contributed by atoms with Gasteiger partial charge in [0.15, 0.2) is 0 Å². The van der Waals surface area contributed by atoms with Gasteiger partial charge in [-0.3, -0.25) is 0 Å². The van der Waals surface area contributed by atoms with Crippen molar-refractivity contribution in [2.24, 2.45) is 0 Å². The molecule has 2 aromatic carbocycles. The van der Waals surface area contributed by atoms with Crippen molar-refractivity contribution in [2.75, 3.05) is 0 Å². The summed E-state index contributed by atoms with van der Waals surface area (Å²) < 4.78 is 0. The van der Waals surface area contributed by atoms with Gasteiger partial charge in [-0.25, -0.2) is 0 Å². The zero-order chi connectivity index (χ0) is 13.7. The van der Waals surface area contributed by atoms with Gasteiger partial charge in [0.25, 0.3) is 0 Å². The van der Waals surface area contributed by atoms with Crippen molar-refractivity contribution in [3.63, 3.8) is 0 Å². The first-order valence-electron chi connectivity index (χ1n) is 6.76.